The number of hydrogen-bond acceptors (Lipinski definition) is 2. The van der Waals surface area contributed by atoms with Crippen molar-refractivity contribution in [2.75, 3.05) is 0 Å². The van der Waals surface area contributed by atoms with Crippen LogP contribution in [-0.2, 0) is 12.1 Å². The zero-order valence-electron chi connectivity index (χ0n) is 13.4. The molecule has 2 rings (SSSR count). The predicted molar refractivity (Wildman–Crippen MR) is 78.5 cm³/mol. The van der Waals surface area contributed by atoms with Crippen LogP contribution in [0.2, 0.25) is 0 Å². The second kappa shape index (κ2) is 6.82. The molecule has 0 atom stereocenters. The maximum atomic E-state index is 13.9. The number of carbonyl (C=O) groups is 1. The van der Waals surface area contributed by atoms with E-state index in [2.05, 4.69) is 4.74 Å². The van der Waals surface area contributed by atoms with Crippen LogP contribution >= 0.6 is 0 Å². The maximum absolute atomic E-state index is 13.9. The van der Waals surface area contributed by atoms with E-state index in [-0.39, 0.29) is 23.5 Å². The van der Waals surface area contributed by atoms with Crippen molar-refractivity contribution >= 4 is 6.29 Å². The number of benzene rings is 2. The molecule has 146 valence electrons. The lowest BCUT2D eigenvalue weighted by Crippen LogP contribution is -2.17. The molecule has 2 nitrogen and oxygen atoms in total. The number of halogens is 8. The molecule has 0 spiro atoms. The van der Waals surface area contributed by atoms with Gasteiger partial charge in [-0.2, -0.15) is 13.2 Å². The van der Waals surface area contributed by atoms with E-state index in [0.29, 0.717) is 25.1 Å². The number of rotatable bonds is 4. The van der Waals surface area contributed by atoms with Crippen LogP contribution in [0.3, 0.4) is 0 Å². The minimum Gasteiger partial charge on any atom is -0.406 e. The number of ether oxygens (including phenoxy) is 1. The minimum atomic E-state index is -5.11. The molecule has 0 fully saturated rings. The molecule has 0 radical (unpaired) electrons. The van der Waals surface area contributed by atoms with Crippen molar-refractivity contribution < 1.29 is 44.7 Å². The summed E-state index contributed by atoms with van der Waals surface area (Å²) in [6.45, 7) is 0.350. The van der Waals surface area contributed by atoms with Gasteiger partial charge in [0.05, 0.1) is 5.56 Å². The van der Waals surface area contributed by atoms with Gasteiger partial charge in [0.25, 0.3) is 5.92 Å². The summed E-state index contributed by atoms with van der Waals surface area (Å²) in [6, 6.07) is 3.83. The van der Waals surface area contributed by atoms with Crippen molar-refractivity contribution in [3.63, 3.8) is 0 Å². The average molecular weight is 398 g/mol. The molecular formula is C17H10F8O2. The fourth-order valence-electron chi connectivity index (χ4n) is 2.37. The molecule has 0 N–H and O–H groups in total. The Labute approximate surface area is 147 Å². The van der Waals surface area contributed by atoms with Gasteiger partial charge in [-0.1, -0.05) is 6.07 Å². The summed E-state index contributed by atoms with van der Waals surface area (Å²) < 4.78 is 107. The first kappa shape index (κ1) is 20.7. The molecule has 0 saturated heterocycles. The Bertz CT molecular complexity index is 847. The zero-order valence-corrected chi connectivity index (χ0v) is 13.4. The van der Waals surface area contributed by atoms with Gasteiger partial charge in [-0.05, 0) is 41.5 Å². The maximum Gasteiger partial charge on any atom is 0.573 e. The second-order valence-electron chi connectivity index (χ2n) is 5.60. The molecule has 27 heavy (non-hydrogen) atoms. The summed E-state index contributed by atoms with van der Waals surface area (Å²) in [5, 5.41) is 0. The Morgan fingerprint density at radius 1 is 0.889 bits per heavy atom. The minimum absolute atomic E-state index is 0.153. The van der Waals surface area contributed by atoms with Crippen molar-refractivity contribution in [3.8, 4) is 16.9 Å². The largest absolute Gasteiger partial charge is 0.573 e. The highest BCUT2D eigenvalue weighted by molar-refractivity contribution is 5.81. The van der Waals surface area contributed by atoms with Gasteiger partial charge in [0.2, 0.25) is 0 Å². The fourth-order valence-corrected chi connectivity index (χ4v) is 2.37. The van der Waals surface area contributed by atoms with Gasteiger partial charge < -0.3 is 4.74 Å². The van der Waals surface area contributed by atoms with Gasteiger partial charge in [0.1, 0.15) is 12.0 Å². The summed E-state index contributed by atoms with van der Waals surface area (Å²) in [5.41, 5.74) is -3.54. The Kier molecular flexibility index (Phi) is 5.22. The third-order valence-corrected chi connectivity index (χ3v) is 3.43. The average Bonchev–Trinajstić information content (AvgIpc) is 2.50. The highest BCUT2D eigenvalue weighted by Crippen LogP contribution is 2.41. The Morgan fingerprint density at radius 2 is 1.52 bits per heavy atom. The van der Waals surface area contributed by atoms with Crippen molar-refractivity contribution in [1.82, 2.24) is 0 Å². The van der Waals surface area contributed by atoms with E-state index in [9.17, 15) is 39.9 Å². The molecular weight excluding hydrogens is 388 g/mol. The van der Waals surface area contributed by atoms with Crippen molar-refractivity contribution in [3.05, 3.63) is 53.1 Å². The van der Waals surface area contributed by atoms with Gasteiger partial charge in [-0.15, -0.1) is 13.2 Å². The Hall–Kier alpha value is -2.65. The molecule has 0 bridgehead atoms. The molecule has 0 aliphatic rings. The Morgan fingerprint density at radius 3 is 2.00 bits per heavy atom. The van der Waals surface area contributed by atoms with Crippen LogP contribution in [0, 0.1) is 0 Å². The van der Waals surface area contributed by atoms with Gasteiger partial charge in [-0.25, -0.2) is 8.78 Å². The van der Waals surface area contributed by atoms with Crippen molar-refractivity contribution in [1.29, 1.82) is 0 Å². The van der Waals surface area contributed by atoms with Gasteiger partial charge in [0, 0.05) is 18.1 Å². The molecule has 0 aromatic heterocycles. The molecule has 0 aliphatic carbocycles. The normalized spacial score (nSPS) is 12.8. The number of carbonyl (C=O) groups excluding carboxylic acids is 1. The summed E-state index contributed by atoms with van der Waals surface area (Å²) in [4.78, 5) is 10.9. The molecule has 2 aromatic carbocycles. The monoisotopic (exact) mass is 398 g/mol. The number of aldehydes is 1. The molecule has 0 heterocycles. The summed E-state index contributed by atoms with van der Waals surface area (Å²) in [5.74, 6) is -4.61. The van der Waals surface area contributed by atoms with Gasteiger partial charge >= 0.3 is 12.5 Å². The van der Waals surface area contributed by atoms with Crippen LogP contribution in [0.25, 0.3) is 11.1 Å². The quantitative estimate of drug-likeness (QED) is 0.453. The SMILES string of the molecule is CC(F)(F)c1cc(C(F)(F)F)ccc1-c1cc(C=O)cc(OC(F)(F)F)c1. The van der Waals surface area contributed by atoms with Crippen molar-refractivity contribution in [2.45, 2.75) is 25.4 Å². The molecule has 0 amide bonds. The van der Waals surface area contributed by atoms with E-state index >= 15 is 0 Å². The predicted octanol–water partition coefficient (Wildman–Crippen LogP) is 6.20. The van der Waals surface area contributed by atoms with E-state index in [4.69, 9.17) is 0 Å². The number of alkyl halides is 8. The van der Waals surface area contributed by atoms with Crippen molar-refractivity contribution in [2.24, 2.45) is 0 Å². The Balaban J connectivity index is 2.70. The zero-order chi connectivity index (χ0) is 20.6. The standard InChI is InChI=1S/C17H10F8O2/c1-15(18,19)14-7-11(16(20,21)22)2-3-13(14)10-4-9(8-26)5-12(6-10)27-17(23,24)25/h2-8H,1H3. The van der Waals surface area contributed by atoms with E-state index in [0.717, 1.165) is 12.1 Å². The van der Waals surface area contributed by atoms with Gasteiger partial charge in [-0.3, -0.25) is 4.79 Å². The summed E-state index contributed by atoms with van der Waals surface area (Å²) in [6.07, 6.45) is -9.86. The summed E-state index contributed by atoms with van der Waals surface area (Å²) >= 11 is 0. The lowest BCUT2D eigenvalue weighted by atomic mass is 9.93. The van der Waals surface area contributed by atoms with Crippen LogP contribution in [-0.4, -0.2) is 12.6 Å². The highest BCUT2D eigenvalue weighted by atomic mass is 19.4. The highest BCUT2D eigenvalue weighted by Gasteiger charge is 2.36. The van der Waals surface area contributed by atoms with Crippen LogP contribution in [0.4, 0.5) is 35.1 Å². The van der Waals surface area contributed by atoms with E-state index in [1.165, 1.54) is 0 Å². The van der Waals surface area contributed by atoms with Gasteiger partial charge in [0.15, 0.2) is 0 Å². The molecule has 10 heteroatoms. The molecule has 0 saturated carbocycles. The first-order valence-electron chi connectivity index (χ1n) is 7.16. The topological polar surface area (TPSA) is 26.3 Å². The molecule has 2 aromatic rings. The molecule has 0 unspecified atom stereocenters. The second-order valence-corrected chi connectivity index (χ2v) is 5.60. The first-order valence-corrected chi connectivity index (χ1v) is 7.16. The fraction of sp³-hybridized carbons (Fsp3) is 0.235. The lowest BCUT2D eigenvalue weighted by molar-refractivity contribution is -0.274. The van der Waals surface area contributed by atoms with Crippen LogP contribution < -0.4 is 4.74 Å². The third-order valence-electron chi connectivity index (χ3n) is 3.43. The van der Waals surface area contributed by atoms with Crippen LogP contribution in [0.5, 0.6) is 5.75 Å². The van der Waals surface area contributed by atoms with E-state index in [1.54, 1.807) is 0 Å². The van der Waals surface area contributed by atoms with E-state index in [1.807, 2.05) is 0 Å². The van der Waals surface area contributed by atoms with Crippen LogP contribution in [0.1, 0.15) is 28.4 Å². The molecule has 0 aliphatic heterocycles. The summed E-state index contributed by atoms with van der Waals surface area (Å²) in [7, 11) is 0. The smallest absolute Gasteiger partial charge is 0.406 e. The lowest BCUT2D eigenvalue weighted by Gasteiger charge is -2.19. The number of hydrogen-bond donors (Lipinski definition) is 0. The van der Waals surface area contributed by atoms with E-state index < -0.39 is 40.9 Å². The third kappa shape index (κ3) is 5.18. The first-order chi connectivity index (χ1) is 12.2. The van der Waals surface area contributed by atoms with Crippen LogP contribution in [0.15, 0.2) is 36.4 Å².